The first-order valence-corrected chi connectivity index (χ1v) is 12.9. The lowest BCUT2D eigenvalue weighted by atomic mass is 10.00. The van der Waals surface area contributed by atoms with Gasteiger partial charge in [-0.05, 0) is 55.3 Å². The summed E-state index contributed by atoms with van der Waals surface area (Å²) < 4.78 is 11.6. The van der Waals surface area contributed by atoms with Gasteiger partial charge in [-0.1, -0.05) is 32.4 Å². The number of carbonyl (C=O) groups excluding carboxylic acids is 2. The molecule has 7 nitrogen and oxygen atoms in total. The number of ether oxygens (including phenoxy) is 2. The van der Waals surface area contributed by atoms with Crippen LogP contribution in [0.15, 0.2) is 35.7 Å². The van der Waals surface area contributed by atoms with Gasteiger partial charge in [0.25, 0.3) is 0 Å². The van der Waals surface area contributed by atoms with E-state index in [0.717, 1.165) is 18.4 Å². The van der Waals surface area contributed by atoms with Gasteiger partial charge >= 0.3 is 6.03 Å². The number of hydrogen-bond acceptors (Lipinski definition) is 5. The number of amides is 3. The lowest BCUT2D eigenvalue weighted by Crippen LogP contribution is -2.51. The Balaban J connectivity index is 1.79. The molecule has 0 aliphatic carbocycles. The molecule has 1 aromatic heterocycles. The van der Waals surface area contributed by atoms with E-state index in [9.17, 15) is 9.59 Å². The van der Waals surface area contributed by atoms with Crippen molar-refractivity contribution < 1.29 is 19.1 Å². The Morgan fingerprint density at radius 2 is 1.94 bits per heavy atom. The zero-order chi connectivity index (χ0) is 24.7. The largest absolute Gasteiger partial charge is 0.493 e. The van der Waals surface area contributed by atoms with Crippen molar-refractivity contribution in [2.75, 3.05) is 33.4 Å². The summed E-state index contributed by atoms with van der Waals surface area (Å²) in [6.45, 7) is 9.56. The van der Waals surface area contributed by atoms with Gasteiger partial charge in [0, 0.05) is 24.0 Å². The van der Waals surface area contributed by atoms with Gasteiger partial charge in [0.05, 0.1) is 13.2 Å². The van der Waals surface area contributed by atoms with Crippen molar-refractivity contribution >= 4 is 23.3 Å². The maximum Gasteiger partial charge on any atom is 0.318 e. The molecule has 0 radical (unpaired) electrons. The Labute approximate surface area is 207 Å². The molecule has 1 aromatic carbocycles. The average molecular weight is 488 g/mol. The molecule has 2 atom stereocenters. The second kappa shape index (κ2) is 12.1. The van der Waals surface area contributed by atoms with Crippen molar-refractivity contribution in [2.24, 2.45) is 5.92 Å². The van der Waals surface area contributed by atoms with Crippen LogP contribution in [-0.4, -0.2) is 61.1 Å². The first-order valence-electron chi connectivity index (χ1n) is 12.0. The van der Waals surface area contributed by atoms with Crippen LogP contribution in [0.3, 0.4) is 0 Å². The highest BCUT2D eigenvalue weighted by molar-refractivity contribution is 7.10. The first-order chi connectivity index (χ1) is 16.3. The van der Waals surface area contributed by atoms with E-state index < -0.39 is 0 Å². The number of urea groups is 1. The molecule has 0 saturated carbocycles. The zero-order valence-electron chi connectivity index (χ0n) is 20.9. The minimum atomic E-state index is -0.217. The summed E-state index contributed by atoms with van der Waals surface area (Å²) in [6, 6.07) is 9.20. The number of nitrogens with zero attached hydrogens (tertiary/aromatic N) is 2. The first kappa shape index (κ1) is 25.9. The third-order valence-electron chi connectivity index (χ3n) is 6.14. The van der Waals surface area contributed by atoms with Gasteiger partial charge in [0.2, 0.25) is 5.91 Å². The summed E-state index contributed by atoms with van der Waals surface area (Å²) in [7, 11) is 1.61. The third-order valence-corrected chi connectivity index (χ3v) is 7.13. The molecule has 0 spiro atoms. The van der Waals surface area contributed by atoms with Gasteiger partial charge in [-0.2, -0.15) is 0 Å². The van der Waals surface area contributed by atoms with E-state index in [0.29, 0.717) is 37.1 Å². The SMILES string of the molecule is CC[C@@H](C)CN(CC(=O)N1CCc2sccc2[C@H]1COc1ccccc1OC)C(=O)NC(C)C. The van der Waals surface area contributed by atoms with E-state index in [2.05, 4.69) is 30.6 Å². The number of nitrogens with one attached hydrogen (secondary N) is 1. The van der Waals surface area contributed by atoms with Gasteiger partial charge in [-0.25, -0.2) is 4.79 Å². The summed E-state index contributed by atoms with van der Waals surface area (Å²) in [5.74, 6) is 1.55. The molecule has 186 valence electrons. The Bertz CT molecular complexity index is 961. The molecule has 1 aliphatic rings. The number of benzene rings is 1. The van der Waals surface area contributed by atoms with E-state index in [1.165, 1.54) is 4.88 Å². The topological polar surface area (TPSA) is 71.1 Å². The van der Waals surface area contributed by atoms with Crippen molar-refractivity contribution in [1.82, 2.24) is 15.1 Å². The van der Waals surface area contributed by atoms with Crippen molar-refractivity contribution in [1.29, 1.82) is 0 Å². The van der Waals surface area contributed by atoms with Gasteiger partial charge in [-0.3, -0.25) is 4.79 Å². The summed E-state index contributed by atoms with van der Waals surface area (Å²) in [6.07, 6.45) is 1.75. The smallest absolute Gasteiger partial charge is 0.318 e. The standard InChI is InChI=1S/C26H37N3O4S/c1-6-19(4)15-28(26(31)27-18(2)3)16-25(30)29-13-11-24-20(12-14-34-24)21(29)17-33-23-10-8-7-9-22(23)32-5/h7-10,12,14,18-19,21H,6,11,13,15-17H2,1-5H3,(H,27,31)/t19-,21-/m1/s1. The van der Waals surface area contributed by atoms with Crippen molar-refractivity contribution in [2.45, 2.75) is 52.6 Å². The molecular formula is C26H37N3O4S. The minimum absolute atomic E-state index is 0.00684. The molecule has 0 bridgehead atoms. The number of hydrogen-bond donors (Lipinski definition) is 1. The van der Waals surface area contributed by atoms with Gasteiger partial charge in [-0.15, -0.1) is 11.3 Å². The molecule has 2 aromatic rings. The predicted molar refractivity (Wildman–Crippen MR) is 136 cm³/mol. The summed E-state index contributed by atoms with van der Waals surface area (Å²) in [5.41, 5.74) is 1.12. The number of fused-ring (bicyclic) bond motifs is 1. The normalized spacial score (nSPS) is 16.1. The molecular weight excluding hydrogens is 450 g/mol. The van der Waals surface area contributed by atoms with Crippen molar-refractivity contribution in [3.05, 3.63) is 46.2 Å². The van der Waals surface area contributed by atoms with E-state index in [4.69, 9.17) is 9.47 Å². The average Bonchev–Trinajstić information content (AvgIpc) is 3.30. The Morgan fingerprint density at radius 1 is 1.21 bits per heavy atom. The van der Waals surface area contributed by atoms with Crippen molar-refractivity contribution in [3.8, 4) is 11.5 Å². The highest BCUT2D eigenvalue weighted by Crippen LogP contribution is 2.35. The molecule has 0 saturated heterocycles. The summed E-state index contributed by atoms with van der Waals surface area (Å²) >= 11 is 1.72. The van der Waals surface area contributed by atoms with Crippen LogP contribution >= 0.6 is 11.3 Å². The third kappa shape index (κ3) is 6.44. The number of thiophene rings is 1. The monoisotopic (exact) mass is 487 g/mol. The summed E-state index contributed by atoms with van der Waals surface area (Å²) in [5, 5.41) is 5.01. The van der Waals surface area contributed by atoms with Gasteiger partial charge in [0.15, 0.2) is 11.5 Å². The molecule has 0 fully saturated rings. The van der Waals surface area contributed by atoms with Crippen LogP contribution in [0.4, 0.5) is 4.79 Å². The van der Waals surface area contributed by atoms with E-state index >= 15 is 0 Å². The lowest BCUT2D eigenvalue weighted by Gasteiger charge is -2.37. The molecule has 2 heterocycles. The number of rotatable bonds is 10. The Morgan fingerprint density at radius 3 is 2.62 bits per heavy atom. The molecule has 1 N–H and O–H groups in total. The van der Waals surface area contributed by atoms with E-state index in [1.54, 1.807) is 23.3 Å². The quantitative estimate of drug-likeness (QED) is 0.526. The Kier molecular flexibility index (Phi) is 9.21. The predicted octanol–water partition coefficient (Wildman–Crippen LogP) is 4.73. The van der Waals surface area contributed by atoms with Crippen LogP contribution < -0.4 is 14.8 Å². The number of carbonyl (C=O) groups is 2. The van der Waals surface area contributed by atoms with E-state index in [1.807, 2.05) is 43.0 Å². The summed E-state index contributed by atoms with van der Waals surface area (Å²) in [4.78, 5) is 31.2. The van der Waals surface area contributed by atoms with Gasteiger partial charge in [0.1, 0.15) is 13.2 Å². The van der Waals surface area contributed by atoms with Crippen LogP contribution in [0, 0.1) is 5.92 Å². The minimum Gasteiger partial charge on any atom is -0.493 e. The fraction of sp³-hybridized carbons (Fsp3) is 0.538. The van der Waals surface area contributed by atoms with Gasteiger partial charge < -0.3 is 24.6 Å². The van der Waals surface area contributed by atoms with Crippen LogP contribution in [0.1, 0.15) is 50.6 Å². The lowest BCUT2D eigenvalue weighted by molar-refractivity contribution is -0.135. The highest BCUT2D eigenvalue weighted by Gasteiger charge is 2.34. The van der Waals surface area contributed by atoms with Crippen molar-refractivity contribution in [3.63, 3.8) is 0 Å². The fourth-order valence-electron chi connectivity index (χ4n) is 4.10. The molecule has 1 aliphatic heterocycles. The molecule has 3 amide bonds. The maximum absolute atomic E-state index is 13.6. The fourth-order valence-corrected chi connectivity index (χ4v) is 5.03. The van der Waals surface area contributed by atoms with Crippen LogP contribution in [0.5, 0.6) is 11.5 Å². The van der Waals surface area contributed by atoms with Crippen LogP contribution in [0.2, 0.25) is 0 Å². The number of para-hydroxylation sites is 2. The van der Waals surface area contributed by atoms with Crippen LogP contribution in [-0.2, 0) is 11.2 Å². The number of methoxy groups -OCH3 is 1. The maximum atomic E-state index is 13.6. The Hall–Kier alpha value is -2.74. The van der Waals surface area contributed by atoms with Crippen LogP contribution in [0.25, 0.3) is 0 Å². The zero-order valence-corrected chi connectivity index (χ0v) is 21.7. The molecule has 3 rings (SSSR count). The second-order valence-electron chi connectivity index (χ2n) is 9.11. The molecule has 8 heteroatoms. The molecule has 34 heavy (non-hydrogen) atoms. The molecule has 0 unspecified atom stereocenters. The second-order valence-corrected chi connectivity index (χ2v) is 10.1. The van der Waals surface area contributed by atoms with E-state index in [-0.39, 0.29) is 30.6 Å². The highest BCUT2D eigenvalue weighted by atomic mass is 32.1.